The zero-order valence-electron chi connectivity index (χ0n) is 31.4. The fourth-order valence-corrected chi connectivity index (χ4v) is 11.9. The van der Waals surface area contributed by atoms with Gasteiger partial charge in [0, 0.05) is 52.7 Å². The third-order valence-electron chi connectivity index (χ3n) is 10.6. The minimum atomic E-state index is -1.93. The molecule has 0 radical (unpaired) electrons. The van der Waals surface area contributed by atoms with Gasteiger partial charge in [0.2, 0.25) is 0 Å². The number of aromatic nitrogens is 4. The van der Waals surface area contributed by atoms with Crippen molar-refractivity contribution in [2.24, 2.45) is 0 Å². The molecule has 8 aromatic carbocycles. The van der Waals surface area contributed by atoms with Crippen LogP contribution in [0.25, 0.3) is 61.7 Å². The molecule has 58 heavy (non-hydrogen) atoms. The first-order valence-corrected chi connectivity index (χ1v) is 20.8. The topological polar surface area (TPSA) is 67.4 Å². The zero-order chi connectivity index (χ0) is 38.9. The first-order chi connectivity index (χ1) is 28.7. The highest BCUT2D eigenvalue weighted by atomic mass is 32.3. The fourth-order valence-electron chi connectivity index (χ4n) is 7.97. The Morgan fingerprint density at radius 1 is 0.379 bits per heavy atom. The molecule has 0 atom stereocenters. The average Bonchev–Trinajstić information content (AvgIpc) is 3.64. The van der Waals surface area contributed by atoms with Crippen LogP contribution in [0.3, 0.4) is 0 Å². The summed E-state index contributed by atoms with van der Waals surface area (Å²) in [6.07, 6.45) is 0. The van der Waals surface area contributed by atoms with Crippen LogP contribution < -0.4 is 0 Å². The molecule has 10 aromatic rings. The lowest BCUT2D eigenvalue weighted by Gasteiger charge is -2.42. The van der Waals surface area contributed by atoms with E-state index < -0.39 is 10.0 Å². The molecule has 0 saturated heterocycles. The van der Waals surface area contributed by atoms with Gasteiger partial charge in [-0.15, -0.1) is 10.0 Å². The molecule has 0 unspecified atom stereocenters. The predicted octanol–water partition coefficient (Wildman–Crippen LogP) is 13.2. The second-order valence-corrected chi connectivity index (χ2v) is 17.1. The number of fused-ring (bicyclic) bond motifs is 3. The van der Waals surface area contributed by atoms with Crippen LogP contribution >= 0.6 is 10.0 Å². The van der Waals surface area contributed by atoms with Crippen molar-refractivity contribution < 1.29 is 0 Å². The number of rotatable bonds is 8. The van der Waals surface area contributed by atoms with Crippen LogP contribution in [0.15, 0.2) is 232 Å². The van der Waals surface area contributed by atoms with Gasteiger partial charge in [0.05, 0.1) is 22.7 Å². The monoisotopic (exact) mass is 761 g/mol. The van der Waals surface area contributed by atoms with Gasteiger partial charge in [-0.25, -0.2) is 15.0 Å². The summed E-state index contributed by atoms with van der Waals surface area (Å²) >= 11 is 0. The second kappa shape index (κ2) is 14.8. The molecule has 274 valence electrons. The van der Waals surface area contributed by atoms with Gasteiger partial charge in [-0.05, 0) is 84.9 Å². The Morgan fingerprint density at radius 3 is 1.45 bits per heavy atom. The highest BCUT2D eigenvalue weighted by Crippen LogP contribution is 2.73. The van der Waals surface area contributed by atoms with Gasteiger partial charge in [-0.2, -0.15) is 5.26 Å². The van der Waals surface area contributed by atoms with Crippen LogP contribution in [0.4, 0.5) is 0 Å². The molecule has 0 aliphatic carbocycles. The lowest BCUT2D eigenvalue weighted by atomic mass is 10.1. The molecule has 6 heteroatoms. The van der Waals surface area contributed by atoms with Crippen molar-refractivity contribution in [1.82, 2.24) is 19.5 Å². The van der Waals surface area contributed by atoms with E-state index in [1.165, 1.54) is 19.6 Å². The Balaban J connectivity index is 1.17. The van der Waals surface area contributed by atoms with Crippen LogP contribution in [0.2, 0.25) is 0 Å². The summed E-state index contributed by atoms with van der Waals surface area (Å²) in [7, 11) is -1.93. The third kappa shape index (κ3) is 6.02. The van der Waals surface area contributed by atoms with Crippen molar-refractivity contribution in [3.8, 4) is 45.9 Å². The van der Waals surface area contributed by atoms with Gasteiger partial charge >= 0.3 is 0 Å². The van der Waals surface area contributed by atoms with E-state index in [0.29, 0.717) is 23.0 Å². The Bertz CT molecular complexity index is 3020. The van der Waals surface area contributed by atoms with Crippen LogP contribution in [-0.2, 0) is 0 Å². The minimum Gasteiger partial charge on any atom is -0.309 e. The van der Waals surface area contributed by atoms with Crippen molar-refractivity contribution in [3.05, 3.63) is 218 Å². The minimum absolute atomic E-state index is 0.580. The molecule has 0 spiro atoms. The van der Waals surface area contributed by atoms with E-state index >= 15 is 0 Å². The maximum Gasteiger partial charge on any atom is 0.164 e. The summed E-state index contributed by atoms with van der Waals surface area (Å²) in [6, 6.07) is 76.3. The van der Waals surface area contributed by atoms with E-state index in [1.807, 2.05) is 54.6 Å². The highest BCUT2D eigenvalue weighted by molar-refractivity contribution is 8.34. The van der Waals surface area contributed by atoms with E-state index in [4.69, 9.17) is 15.0 Å². The third-order valence-corrected chi connectivity index (χ3v) is 14.5. The number of hydrogen-bond donors (Lipinski definition) is 0. The maximum atomic E-state index is 9.70. The molecule has 2 aromatic heterocycles. The van der Waals surface area contributed by atoms with E-state index in [0.717, 1.165) is 44.2 Å². The van der Waals surface area contributed by atoms with E-state index in [1.54, 1.807) is 0 Å². The Labute approximate surface area is 338 Å². The van der Waals surface area contributed by atoms with Gasteiger partial charge in [-0.1, -0.05) is 127 Å². The Hall–Kier alpha value is -7.59. The largest absolute Gasteiger partial charge is 0.309 e. The van der Waals surface area contributed by atoms with Gasteiger partial charge in [0.25, 0.3) is 0 Å². The summed E-state index contributed by atoms with van der Waals surface area (Å²) < 4.78 is 2.25. The Morgan fingerprint density at radius 2 is 0.845 bits per heavy atom. The van der Waals surface area contributed by atoms with Crippen molar-refractivity contribution in [2.75, 3.05) is 0 Å². The summed E-state index contributed by atoms with van der Waals surface area (Å²) in [4.78, 5) is 20.5. The summed E-state index contributed by atoms with van der Waals surface area (Å²) in [5.74, 6) is 1.78. The fraction of sp³-hybridized carbons (Fsp3) is 0. The van der Waals surface area contributed by atoms with E-state index in [9.17, 15) is 5.26 Å². The molecule has 0 aliphatic heterocycles. The SMILES string of the molecule is N#Cc1ccc2c(c1)c1ccccc1n2-c1cccc(-c2nc(-c3ccccc3)nc(-c3cccc(S(c4ccccc4)(c4ccccc4)c4ccccc4)c3)n2)c1. The van der Waals surface area contributed by atoms with Crippen LogP contribution in [-0.4, -0.2) is 19.5 Å². The summed E-state index contributed by atoms with van der Waals surface area (Å²) in [5.41, 5.74) is 6.38. The van der Waals surface area contributed by atoms with E-state index in [-0.39, 0.29) is 0 Å². The summed E-state index contributed by atoms with van der Waals surface area (Å²) in [5, 5.41) is 11.8. The zero-order valence-corrected chi connectivity index (χ0v) is 32.2. The quantitative estimate of drug-likeness (QED) is 0.155. The van der Waals surface area contributed by atoms with Gasteiger partial charge < -0.3 is 4.57 Å². The van der Waals surface area contributed by atoms with Crippen molar-refractivity contribution >= 4 is 31.8 Å². The van der Waals surface area contributed by atoms with Crippen molar-refractivity contribution in [2.45, 2.75) is 19.6 Å². The van der Waals surface area contributed by atoms with Crippen LogP contribution in [0.5, 0.6) is 0 Å². The smallest absolute Gasteiger partial charge is 0.164 e. The first-order valence-electron chi connectivity index (χ1n) is 19.2. The highest BCUT2D eigenvalue weighted by Gasteiger charge is 2.33. The molecular formula is C52H35N5S. The summed E-state index contributed by atoms with van der Waals surface area (Å²) in [6.45, 7) is 0. The molecule has 10 rings (SSSR count). The molecule has 2 heterocycles. The number of nitrogens with zero attached hydrogens (tertiary/aromatic N) is 5. The number of benzene rings is 8. The number of para-hydroxylation sites is 1. The van der Waals surface area contributed by atoms with Gasteiger partial charge in [0.1, 0.15) is 0 Å². The molecule has 0 aliphatic rings. The first kappa shape index (κ1) is 34.9. The molecule has 0 fully saturated rings. The number of nitriles is 1. The average molecular weight is 762 g/mol. The van der Waals surface area contributed by atoms with Crippen molar-refractivity contribution in [3.63, 3.8) is 0 Å². The molecule has 0 amide bonds. The second-order valence-electron chi connectivity index (χ2n) is 14.0. The Kier molecular flexibility index (Phi) is 8.91. The molecule has 0 bridgehead atoms. The van der Waals surface area contributed by atoms with Crippen LogP contribution in [0.1, 0.15) is 5.56 Å². The molecule has 0 saturated carbocycles. The predicted molar refractivity (Wildman–Crippen MR) is 235 cm³/mol. The lowest BCUT2D eigenvalue weighted by molar-refractivity contribution is 1.07. The van der Waals surface area contributed by atoms with Gasteiger partial charge in [0.15, 0.2) is 17.5 Å². The molecular weight excluding hydrogens is 727 g/mol. The normalized spacial score (nSPS) is 11.7. The molecule has 5 nitrogen and oxygen atoms in total. The van der Waals surface area contributed by atoms with E-state index in [2.05, 4.69) is 168 Å². The van der Waals surface area contributed by atoms with Crippen molar-refractivity contribution in [1.29, 1.82) is 5.26 Å². The van der Waals surface area contributed by atoms with Crippen LogP contribution in [0, 0.1) is 11.3 Å². The maximum absolute atomic E-state index is 9.70. The number of hydrogen-bond acceptors (Lipinski definition) is 4. The lowest BCUT2D eigenvalue weighted by Crippen LogP contribution is -2.06. The standard InChI is InChI=1S/C52H35N5S/c53-36-37-31-32-49-47(33-37)46-29-13-14-30-48(46)57(49)41-21-15-19-39(34-41)51-54-50(38-17-5-1-6-18-38)55-52(56-51)40-20-16-28-45(35-40)58(42-22-7-2-8-23-42,43-24-9-3-10-25-43)44-26-11-4-12-27-44/h1-35H. The van der Waals surface area contributed by atoms with Gasteiger partial charge in [-0.3, -0.25) is 0 Å². The molecule has 0 N–H and O–H groups in total.